The Morgan fingerprint density at radius 3 is 2.73 bits per heavy atom. The summed E-state index contributed by atoms with van der Waals surface area (Å²) in [5.41, 5.74) is 4.37. The molecule has 114 valence electrons. The Bertz CT molecular complexity index is 831. The molecule has 1 aliphatic heterocycles. The number of fused-ring (bicyclic) bond motifs is 3. The minimum Gasteiger partial charge on any atom is -0.372 e. The SMILES string of the molecule is Cc1ccc2c(c1)[nH]c1c(N3C[C@@H](C)O[C@H](C)C3)ncnc12. The van der Waals surface area contributed by atoms with E-state index in [1.165, 1.54) is 5.56 Å². The second-order valence-electron chi connectivity index (χ2n) is 6.26. The lowest BCUT2D eigenvalue weighted by Gasteiger charge is -2.36. The number of ether oxygens (including phenoxy) is 1. The van der Waals surface area contributed by atoms with E-state index in [9.17, 15) is 0 Å². The fraction of sp³-hybridized carbons (Fsp3) is 0.412. The van der Waals surface area contributed by atoms with Crippen molar-refractivity contribution in [2.45, 2.75) is 33.0 Å². The van der Waals surface area contributed by atoms with Crippen molar-refractivity contribution in [2.75, 3.05) is 18.0 Å². The van der Waals surface area contributed by atoms with Gasteiger partial charge in [0.15, 0.2) is 5.82 Å². The zero-order valence-corrected chi connectivity index (χ0v) is 13.1. The highest BCUT2D eigenvalue weighted by molar-refractivity contribution is 6.08. The normalized spacial score (nSPS) is 22.6. The van der Waals surface area contributed by atoms with Gasteiger partial charge in [-0.15, -0.1) is 0 Å². The van der Waals surface area contributed by atoms with Crippen LogP contribution in [0.4, 0.5) is 5.82 Å². The van der Waals surface area contributed by atoms with Gasteiger partial charge in [-0.2, -0.15) is 0 Å². The number of aryl methyl sites for hydroxylation is 1. The molecule has 1 aliphatic rings. The molecule has 5 heteroatoms. The van der Waals surface area contributed by atoms with Crippen molar-refractivity contribution in [1.82, 2.24) is 15.0 Å². The van der Waals surface area contributed by atoms with Crippen LogP contribution in [0.25, 0.3) is 21.9 Å². The molecule has 0 saturated carbocycles. The maximum atomic E-state index is 5.83. The monoisotopic (exact) mass is 296 g/mol. The summed E-state index contributed by atoms with van der Waals surface area (Å²) in [5, 5.41) is 1.15. The van der Waals surface area contributed by atoms with E-state index in [0.29, 0.717) is 0 Å². The molecular weight excluding hydrogens is 276 g/mol. The molecule has 2 atom stereocenters. The Labute approximate surface area is 129 Å². The fourth-order valence-electron chi connectivity index (χ4n) is 3.39. The molecular formula is C17H20N4O. The average Bonchev–Trinajstić information content (AvgIpc) is 2.83. The van der Waals surface area contributed by atoms with Crippen molar-refractivity contribution in [3.05, 3.63) is 30.1 Å². The number of morpholine rings is 1. The molecule has 4 rings (SSSR count). The fourth-order valence-corrected chi connectivity index (χ4v) is 3.39. The van der Waals surface area contributed by atoms with Gasteiger partial charge in [0.25, 0.3) is 0 Å². The molecule has 2 aromatic heterocycles. The Hall–Kier alpha value is -2.14. The number of nitrogens with one attached hydrogen (secondary N) is 1. The van der Waals surface area contributed by atoms with E-state index in [1.807, 2.05) is 0 Å². The third kappa shape index (κ3) is 2.13. The van der Waals surface area contributed by atoms with Crippen LogP contribution in [0.15, 0.2) is 24.5 Å². The lowest BCUT2D eigenvalue weighted by Crippen LogP contribution is -2.46. The van der Waals surface area contributed by atoms with Crippen LogP contribution in [0.2, 0.25) is 0 Å². The highest BCUT2D eigenvalue weighted by atomic mass is 16.5. The summed E-state index contributed by atoms with van der Waals surface area (Å²) in [6, 6.07) is 6.41. The number of H-pyrrole nitrogens is 1. The number of aromatic amines is 1. The first-order valence-electron chi connectivity index (χ1n) is 7.75. The quantitative estimate of drug-likeness (QED) is 0.750. The molecule has 0 spiro atoms. The van der Waals surface area contributed by atoms with Crippen molar-refractivity contribution in [3.63, 3.8) is 0 Å². The van der Waals surface area contributed by atoms with Crippen LogP contribution in [0.5, 0.6) is 0 Å². The molecule has 22 heavy (non-hydrogen) atoms. The minimum atomic E-state index is 0.209. The third-order valence-corrected chi connectivity index (χ3v) is 4.24. The number of hydrogen-bond acceptors (Lipinski definition) is 4. The number of rotatable bonds is 1. The van der Waals surface area contributed by atoms with Gasteiger partial charge in [-0.25, -0.2) is 9.97 Å². The van der Waals surface area contributed by atoms with Crippen molar-refractivity contribution in [3.8, 4) is 0 Å². The molecule has 1 N–H and O–H groups in total. The topological polar surface area (TPSA) is 54.0 Å². The van der Waals surface area contributed by atoms with Gasteiger partial charge in [0.1, 0.15) is 17.4 Å². The molecule has 5 nitrogen and oxygen atoms in total. The van der Waals surface area contributed by atoms with E-state index in [-0.39, 0.29) is 12.2 Å². The summed E-state index contributed by atoms with van der Waals surface area (Å²) < 4.78 is 5.83. The van der Waals surface area contributed by atoms with Gasteiger partial charge in [0.05, 0.1) is 12.2 Å². The van der Waals surface area contributed by atoms with Crippen molar-refractivity contribution < 1.29 is 4.74 Å². The van der Waals surface area contributed by atoms with Gasteiger partial charge in [-0.1, -0.05) is 12.1 Å². The molecule has 1 saturated heterocycles. The van der Waals surface area contributed by atoms with Gasteiger partial charge in [-0.05, 0) is 32.4 Å². The first-order chi connectivity index (χ1) is 10.6. The second kappa shape index (κ2) is 4.95. The van der Waals surface area contributed by atoms with E-state index in [1.54, 1.807) is 6.33 Å². The summed E-state index contributed by atoms with van der Waals surface area (Å²) in [7, 11) is 0. The Morgan fingerprint density at radius 1 is 1.18 bits per heavy atom. The first kappa shape index (κ1) is 13.5. The van der Waals surface area contributed by atoms with Crippen molar-refractivity contribution in [1.29, 1.82) is 0 Å². The van der Waals surface area contributed by atoms with E-state index >= 15 is 0 Å². The van der Waals surface area contributed by atoms with Crippen LogP contribution < -0.4 is 4.90 Å². The molecule has 1 aromatic carbocycles. The Kier molecular flexibility index (Phi) is 3.04. The van der Waals surface area contributed by atoms with Crippen LogP contribution in [0, 0.1) is 6.92 Å². The van der Waals surface area contributed by atoms with Gasteiger partial charge in [0, 0.05) is 24.0 Å². The van der Waals surface area contributed by atoms with Crippen LogP contribution >= 0.6 is 0 Å². The summed E-state index contributed by atoms with van der Waals surface area (Å²) in [5.74, 6) is 0.973. The molecule has 3 aromatic rings. The lowest BCUT2D eigenvalue weighted by atomic mass is 10.2. The molecule has 0 radical (unpaired) electrons. The number of nitrogens with zero attached hydrogens (tertiary/aromatic N) is 3. The maximum Gasteiger partial charge on any atom is 0.156 e. The molecule has 0 aliphatic carbocycles. The number of aromatic nitrogens is 3. The highest BCUT2D eigenvalue weighted by Gasteiger charge is 2.25. The predicted molar refractivity (Wildman–Crippen MR) is 88.4 cm³/mol. The predicted octanol–water partition coefficient (Wildman–Crippen LogP) is 3.03. The number of anilines is 1. The standard InChI is InChI=1S/C17H20N4O/c1-10-4-5-13-14(6-10)20-16-15(13)18-9-19-17(16)21-7-11(2)22-12(3)8-21/h4-6,9,11-12,20H,7-8H2,1-3H3/t11-,12-/m1/s1. The van der Waals surface area contributed by atoms with Crippen LogP contribution in [0.3, 0.4) is 0 Å². The first-order valence-corrected chi connectivity index (χ1v) is 7.75. The lowest BCUT2D eigenvalue weighted by molar-refractivity contribution is -0.00537. The van der Waals surface area contributed by atoms with E-state index in [2.05, 4.69) is 58.8 Å². The van der Waals surface area contributed by atoms with Gasteiger partial charge < -0.3 is 14.6 Å². The van der Waals surface area contributed by atoms with Crippen LogP contribution in [0.1, 0.15) is 19.4 Å². The summed E-state index contributed by atoms with van der Waals surface area (Å²) in [6.45, 7) is 8.02. The number of hydrogen-bond donors (Lipinski definition) is 1. The average molecular weight is 296 g/mol. The van der Waals surface area contributed by atoms with E-state index < -0.39 is 0 Å². The van der Waals surface area contributed by atoms with E-state index in [4.69, 9.17) is 4.74 Å². The van der Waals surface area contributed by atoms with Gasteiger partial charge in [-0.3, -0.25) is 0 Å². The van der Waals surface area contributed by atoms with E-state index in [0.717, 1.165) is 40.8 Å². The zero-order valence-electron chi connectivity index (χ0n) is 13.1. The third-order valence-electron chi connectivity index (χ3n) is 4.24. The van der Waals surface area contributed by atoms with Crippen molar-refractivity contribution >= 4 is 27.8 Å². The Balaban J connectivity index is 1.89. The molecule has 1 fully saturated rings. The second-order valence-corrected chi connectivity index (χ2v) is 6.26. The molecule has 0 bridgehead atoms. The summed E-state index contributed by atoms with van der Waals surface area (Å²) in [4.78, 5) is 14.8. The van der Waals surface area contributed by atoms with Gasteiger partial charge in [0.2, 0.25) is 0 Å². The maximum absolute atomic E-state index is 5.83. The Morgan fingerprint density at radius 2 is 1.95 bits per heavy atom. The summed E-state index contributed by atoms with van der Waals surface area (Å²) >= 11 is 0. The smallest absolute Gasteiger partial charge is 0.156 e. The van der Waals surface area contributed by atoms with Crippen molar-refractivity contribution in [2.24, 2.45) is 0 Å². The van der Waals surface area contributed by atoms with Crippen LogP contribution in [-0.2, 0) is 4.74 Å². The van der Waals surface area contributed by atoms with Crippen LogP contribution in [-0.4, -0.2) is 40.2 Å². The largest absolute Gasteiger partial charge is 0.372 e. The molecule has 0 unspecified atom stereocenters. The molecule has 3 heterocycles. The highest BCUT2D eigenvalue weighted by Crippen LogP contribution is 2.30. The van der Waals surface area contributed by atoms with Gasteiger partial charge >= 0.3 is 0 Å². The molecule has 0 amide bonds. The zero-order chi connectivity index (χ0) is 15.3. The minimum absolute atomic E-state index is 0.209. The number of benzene rings is 1. The summed E-state index contributed by atoms with van der Waals surface area (Å²) in [6.07, 6.45) is 2.08.